The molecule has 4 aromatic rings. The zero-order valence-corrected chi connectivity index (χ0v) is 28.3. The van der Waals surface area contributed by atoms with E-state index in [2.05, 4.69) is 49.8 Å². The molecule has 2 aromatic heterocycles. The highest BCUT2D eigenvalue weighted by atomic mass is 19.1. The van der Waals surface area contributed by atoms with Gasteiger partial charge in [-0.2, -0.15) is 0 Å². The molecule has 1 saturated heterocycles. The summed E-state index contributed by atoms with van der Waals surface area (Å²) >= 11 is 0. The van der Waals surface area contributed by atoms with Crippen LogP contribution in [0, 0.1) is 5.92 Å². The topological polar surface area (TPSA) is 114 Å². The molecule has 0 radical (unpaired) electrons. The lowest BCUT2D eigenvalue weighted by molar-refractivity contribution is -0.198. The molecule has 1 amide bonds. The second-order valence-corrected chi connectivity index (χ2v) is 14.2. The number of hydrogen-bond donors (Lipinski definition) is 3. The van der Waals surface area contributed by atoms with Gasteiger partial charge in [0.1, 0.15) is 11.9 Å². The number of alkyl halides is 1. The fraction of sp³-hybridized carbons (Fsp3) is 0.462. The SMILES string of the molecule is COc1ccc2[nH]cc(CCNC(=O)C3=CN4C5CC(c6ccccc6)CCC5OC5C(NCCCn6ccnc6)C(F)CC(C3=O)C54)c2c1. The van der Waals surface area contributed by atoms with Crippen LogP contribution in [0.1, 0.15) is 49.1 Å². The van der Waals surface area contributed by atoms with Gasteiger partial charge in [0.05, 0.1) is 49.3 Å². The van der Waals surface area contributed by atoms with Crippen LogP contribution in [0.25, 0.3) is 10.9 Å². The lowest BCUT2D eigenvalue weighted by atomic mass is 9.68. The third kappa shape index (κ3) is 6.21. The van der Waals surface area contributed by atoms with Gasteiger partial charge in [-0.1, -0.05) is 30.3 Å². The number of rotatable bonds is 11. The fourth-order valence-electron chi connectivity index (χ4n) is 8.88. The summed E-state index contributed by atoms with van der Waals surface area (Å²) < 4.78 is 30.5. The molecule has 2 aliphatic heterocycles. The molecule has 8 atom stereocenters. The monoisotopic (exact) mass is 680 g/mol. The average Bonchev–Trinajstić information content (AvgIpc) is 3.82. The second-order valence-electron chi connectivity index (χ2n) is 14.2. The van der Waals surface area contributed by atoms with Crippen LogP contribution >= 0.6 is 0 Å². The minimum atomic E-state index is -1.28. The van der Waals surface area contributed by atoms with E-state index in [1.165, 1.54) is 5.56 Å². The van der Waals surface area contributed by atoms with Crippen LogP contribution in [0.5, 0.6) is 5.75 Å². The number of ether oxygens (including phenoxy) is 2. The number of morpholine rings is 1. The minimum Gasteiger partial charge on any atom is -0.497 e. The minimum absolute atomic E-state index is 0.0205. The van der Waals surface area contributed by atoms with Gasteiger partial charge in [-0.05, 0) is 80.3 Å². The molecule has 4 aliphatic rings. The third-order valence-electron chi connectivity index (χ3n) is 11.4. The number of carbonyl (C=O) groups excluding carboxylic acids is 2. The Balaban J connectivity index is 1.03. The van der Waals surface area contributed by atoms with Crippen molar-refractivity contribution in [1.29, 1.82) is 0 Å². The van der Waals surface area contributed by atoms with E-state index in [0.717, 1.165) is 54.4 Å². The number of hydrogen-bond acceptors (Lipinski definition) is 7. The van der Waals surface area contributed by atoms with Gasteiger partial charge in [0.2, 0.25) is 0 Å². The van der Waals surface area contributed by atoms with Crippen LogP contribution in [-0.2, 0) is 27.3 Å². The van der Waals surface area contributed by atoms with E-state index >= 15 is 4.39 Å². The first-order valence-corrected chi connectivity index (χ1v) is 18.0. The summed E-state index contributed by atoms with van der Waals surface area (Å²) in [4.78, 5) is 37.6. The number of fused-ring (bicyclic) bond motifs is 3. The molecule has 8 rings (SSSR count). The van der Waals surface area contributed by atoms with Crippen molar-refractivity contribution in [3.8, 4) is 5.75 Å². The third-order valence-corrected chi connectivity index (χ3v) is 11.4. The Morgan fingerprint density at radius 1 is 1.14 bits per heavy atom. The lowest BCUT2D eigenvalue weighted by Crippen LogP contribution is -2.73. The molecule has 50 heavy (non-hydrogen) atoms. The Kier molecular flexibility index (Phi) is 9.18. The Hall–Kier alpha value is -4.48. The number of nitrogens with one attached hydrogen (secondary N) is 3. The first-order valence-electron chi connectivity index (χ1n) is 18.0. The van der Waals surface area contributed by atoms with Crippen molar-refractivity contribution >= 4 is 22.6 Å². The van der Waals surface area contributed by atoms with Crippen molar-refractivity contribution in [1.82, 2.24) is 30.1 Å². The van der Waals surface area contributed by atoms with E-state index in [1.54, 1.807) is 25.8 Å². The van der Waals surface area contributed by atoms with Gasteiger partial charge in [0.15, 0.2) is 5.78 Å². The Morgan fingerprint density at radius 3 is 2.84 bits per heavy atom. The number of H-pyrrole nitrogens is 1. The number of imidazole rings is 1. The van der Waals surface area contributed by atoms with Crippen molar-refractivity contribution in [2.75, 3.05) is 20.2 Å². The summed E-state index contributed by atoms with van der Waals surface area (Å²) in [6.45, 7) is 1.75. The molecule has 10 nitrogen and oxygen atoms in total. The zero-order valence-electron chi connectivity index (χ0n) is 28.3. The molecule has 2 saturated carbocycles. The number of ketones is 1. The number of aromatic nitrogens is 3. The van der Waals surface area contributed by atoms with E-state index in [-0.39, 0.29) is 36.0 Å². The molecule has 2 aromatic carbocycles. The van der Waals surface area contributed by atoms with Crippen molar-refractivity contribution in [3.05, 3.63) is 96.3 Å². The highest BCUT2D eigenvalue weighted by molar-refractivity contribution is 6.20. The van der Waals surface area contributed by atoms with Crippen molar-refractivity contribution in [3.63, 3.8) is 0 Å². The van der Waals surface area contributed by atoms with Gasteiger partial charge in [-0.3, -0.25) is 9.59 Å². The maximum atomic E-state index is 16.2. The van der Waals surface area contributed by atoms with Crippen LogP contribution in [0.3, 0.4) is 0 Å². The lowest BCUT2D eigenvalue weighted by Gasteiger charge is -2.59. The highest BCUT2D eigenvalue weighted by Crippen LogP contribution is 2.48. The van der Waals surface area contributed by atoms with Gasteiger partial charge in [-0.25, -0.2) is 9.37 Å². The van der Waals surface area contributed by atoms with E-state index in [4.69, 9.17) is 9.47 Å². The van der Waals surface area contributed by atoms with Gasteiger partial charge < -0.3 is 34.6 Å². The molecular formula is C39H45FN6O4. The number of halogens is 1. The normalized spacial score (nSPS) is 28.9. The van der Waals surface area contributed by atoms with Crippen LogP contribution in [0.15, 0.2) is 85.2 Å². The smallest absolute Gasteiger partial charge is 0.256 e. The molecule has 0 spiro atoms. The van der Waals surface area contributed by atoms with Crippen LogP contribution in [-0.4, -0.2) is 87.8 Å². The number of aryl methyl sites for hydroxylation is 1. The first kappa shape index (κ1) is 32.7. The molecule has 2 aliphatic carbocycles. The van der Waals surface area contributed by atoms with Crippen molar-refractivity contribution in [2.45, 2.75) is 87.5 Å². The molecule has 3 N–H and O–H groups in total. The largest absolute Gasteiger partial charge is 0.497 e. The van der Waals surface area contributed by atoms with Crippen LogP contribution in [0.2, 0.25) is 0 Å². The summed E-state index contributed by atoms with van der Waals surface area (Å²) in [6.07, 6.45) is 11.4. The highest BCUT2D eigenvalue weighted by Gasteiger charge is 2.58. The Morgan fingerprint density at radius 2 is 2.02 bits per heavy atom. The van der Waals surface area contributed by atoms with Crippen LogP contribution in [0.4, 0.5) is 4.39 Å². The predicted molar refractivity (Wildman–Crippen MR) is 187 cm³/mol. The molecule has 11 heteroatoms. The second kappa shape index (κ2) is 14.0. The Bertz CT molecular complexity index is 1840. The number of aromatic amines is 1. The summed E-state index contributed by atoms with van der Waals surface area (Å²) in [5, 5.41) is 7.53. The summed E-state index contributed by atoms with van der Waals surface area (Å²) in [6, 6.07) is 15.5. The molecule has 0 bridgehead atoms. The number of amides is 1. The van der Waals surface area contributed by atoms with Crippen molar-refractivity contribution in [2.24, 2.45) is 5.92 Å². The van der Waals surface area contributed by atoms with Gasteiger partial charge in [0.25, 0.3) is 5.91 Å². The number of benzene rings is 2. The summed E-state index contributed by atoms with van der Waals surface area (Å²) in [5.41, 5.74) is 3.45. The quantitative estimate of drug-likeness (QED) is 0.156. The predicted octanol–water partition coefficient (Wildman–Crippen LogP) is 4.68. The number of Topliss-reactive ketones (excluding diaryl/α,β-unsaturated/α-hetero) is 1. The van der Waals surface area contributed by atoms with E-state index in [0.29, 0.717) is 25.4 Å². The standard InChI is InChI=1S/C39H45FN6O4/c1-49-27-9-10-32-28(19-27)26(21-44-32)12-14-43-39(48)30-22-46-33-18-25(24-6-3-2-4-7-24)8-11-34(33)50-38-35(31(40)20-29(36(38)46)37(30)47)42-13-5-16-45-17-15-41-23-45/h2-4,6-7,9-10,15,17,19,21-23,25,29,31,33-36,38,42,44H,5,8,11-14,16,18,20H2,1H3,(H,43,48). The number of carbonyl (C=O) groups is 2. The average molecular weight is 681 g/mol. The molecular weight excluding hydrogens is 635 g/mol. The summed E-state index contributed by atoms with van der Waals surface area (Å²) in [5.74, 6) is -0.257. The maximum absolute atomic E-state index is 16.2. The van der Waals surface area contributed by atoms with Gasteiger partial charge in [0, 0.05) is 54.7 Å². The maximum Gasteiger partial charge on any atom is 0.256 e. The van der Waals surface area contributed by atoms with E-state index < -0.39 is 30.1 Å². The molecule has 3 fully saturated rings. The molecule has 4 heterocycles. The van der Waals surface area contributed by atoms with E-state index in [9.17, 15) is 9.59 Å². The van der Waals surface area contributed by atoms with Gasteiger partial charge in [-0.15, -0.1) is 0 Å². The summed E-state index contributed by atoms with van der Waals surface area (Å²) in [7, 11) is 1.64. The first-order chi connectivity index (χ1) is 24.5. The fourth-order valence-corrected chi connectivity index (χ4v) is 8.88. The zero-order chi connectivity index (χ0) is 34.2. The van der Waals surface area contributed by atoms with Crippen LogP contribution < -0.4 is 15.4 Å². The number of nitrogens with zero attached hydrogens (tertiary/aromatic N) is 3. The van der Waals surface area contributed by atoms with Gasteiger partial charge >= 0.3 is 0 Å². The number of methoxy groups -OCH3 is 1. The Labute approximate surface area is 291 Å². The van der Waals surface area contributed by atoms with E-state index in [1.807, 2.05) is 41.2 Å². The molecule has 8 unspecified atom stereocenters. The molecule has 262 valence electrons. The van der Waals surface area contributed by atoms with Crippen molar-refractivity contribution < 1.29 is 23.5 Å².